The van der Waals surface area contributed by atoms with Gasteiger partial charge in [-0.3, -0.25) is 4.79 Å². The van der Waals surface area contributed by atoms with Crippen LogP contribution in [0.2, 0.25) is 0 Å². The van der Waals surface area contributed by atoms with E-state index < -0.39 is 0 Å². The normalized spacial score (nSPS) is 19.9. The summed E-state index contributed by atoms with van der Waals surface area (Å²) in [5, 5.41) is 0. The molecular weight excluding hydrogens is 294 g/mol. The standard InChI is InChI=1S/C22H19NO/c1-16-10-8-9-15-19(16)23-21(18-13-6-3-7-14-18)20(22(23)24)17-11-4-2-5-12-17/h2-15,20-21H,1H3/t20-,21-/m1/s1. The summed E-state index contributed by atoms with van der Waals surface area (Å²) >= 11 is 0. The van der Waals surface area contributed by atoms with Crippen LogP contribution in [0.25, 0.3) is 0 Å². The number of carbonyl (C=O) groups excluding carboxylic acids is 1. The third-order valence-electron chi connectivity index (χ3n) is 4.77. The van der Waals surface area contributed by atoms with E-state index in [1.165, 1.54) is 5.56 Å². The quantitative estimate of drug-likeness (QED) is 0.632. The van der Waals surface area contributed by atoms with Crippen LogP contribution < -0.4 is 4.90 Å². The lowest BCUT2D eigenvalue weighted by Gasteiger charge is -2.48. The predicted molar refractivity (Wildman–Crippen MR) is 97.0 cm³/mol. The Morgan fingerprint density at radius 2 is 1.25 bits per heavy atom. The van der Waals surface area contributed by atoms with Gasteiger partial charge in [-0.25, -0.2) is 0 Å². The maximum absolute atomic E-state index is 13.0. The van der Waals surface area contributed by atoms with Crippen molar-refractivity contribution in [1.29, 1.82) is 0 Å². The third kappa shape index (κ3) is 2.31. The zero-order chi connectivity index (χ0) is 16.5. The van der Waals surface area contributed by atoms with Gasteiger partial charge in [-0.2, -0.15) is 0 Å². The van der Waals surface area contributed by atoms with E-state index in [2.05, 4.69) is 25.1 Å². The molecular formula is C22H19NO. The Balaban J connectivity index is 1.81. The molecule has 3 aromatic rings. The minimum Gasteiger partial charge on any atom is -0.303 e. The Kier molecular flexibility index (Phi) is 3.66. The van der Waals surface area contributed by atoms with Gasteiger partial charge < -0.3 is 4.90 Å². The van der Waals surface area contributed by atoms with Gasteiger partial charge in [0, 0.05) is 5.69 Å². The Morgan fingerprint density at radius 1 is 0.708 bits per heavy atom. The van der Waals surface area contributed by atoms with Crippen LogP contribution in [0, 0.1) is 6.92 Å². The third-order valence-corrected chi connectivity index (χ3v) is 4.77. The molecule has 1 aliphatic rings. The topological polar surface area (TPSA) is 20.3 Å². The first-order valence-electron chi connectivity index (χ1n) is 8.26. The number of anilines is 1. The van der Waals surface area contributed by atoms with Crippen LogP contribution in [-0.2, 0) is 4.79 Å². The van der Waals surface area contributed by atoms with Crippen molar-refractivity contribution in [3.63, 3.8) is 0 Å². The lowest BCUT2D eigenvalue weighted by Crippen LogP contribution is -2.53. The molecule has 0 radical (unpaired) electrons. The van der Waals surface area contributed by atoms with Gasteiger partial charge in [0.15, 0.2) is 0 Å². The second kappa shape index (κ2) is 5.97. The van der Waals surface area contributed by atoms with Crippen molar-refractivity contribution in [3.8, 4) is 0 Å². The SMILES string of the molecule is Cc1ccccc1N1C(=O)[C@H](c2ccccc2)[C@H]1c1ccccc1. The van der Waals surface area contributed by atoms with Crippen molar-refractivity contribution in [2.24, 2.45) is 0 Å². The van der Waals surface area contributed by atoms with Gasteiger partial charge in [0.1, 0.15) is 0 Å². The fourth-order valence-electron chi connectivity index (χ4n) is 3.57. The van der Waals surface area contributed by atoms with E-state index in [0.29, 0.717) is 0 Å². The minimum atomic E-state index is -0.117. The maximum Gasteiger partial charge on any atom is 0.237 e. The molecule has 2 nitrogen and oxygen atoms in total. The summed E-state index contributed by atoms with van der Waals surface area (Å²) in [5.74, 6) is 0.0533. The molecule has 0 N–H and O–H groups in total. The molecule has 0 unspecified atom stereocenters. The van der Waals surface area contributed by atoms with E-state index in [-0.39, 0.29) is 17.9 Å². The second-order valence-electron chi connectivity index (χ2n) is 6.24. The highest BCUT2D eigenvalue weighted by Gasteiger charge is 2.49. The summed E-state index contributed by atoms with van der Waals surface area (Å²) in [7, 11) is 0. The number of β-lactam (4-membered cyclic amide) rings is 1. The van der Waals surface area contributed by atoms with Gasteiger partial charge in [0.05, 0.1) is 12.0 Å². The average molecular weight is 313 g/mol. The van der Waals surface area contributed by atoms with Crippen molar-refractivity contribution in [1.82, 2.24) is 0 Å². The Morgan fingerprint density at radius 3 is 1.88 bits per heavy atom. The first-order chi connectivity index (χ1) is 11.8. The van der Waals surface area contributed by atoms with Crippen molar-refractivity contribution in [2.45, 2.75) is 18.9 Å². The van der Waals surface area contributed by atoms with Crippen LogP contribution >= 0.6 is 0 Å². The van der Waals surface area contributed by atoms with Crippen molar-refractivity contribution < 1.29 is 4.79 Å². The largest absolute Gasteiger partial charge is 0.303 e. The lowest BCUT2D eigenvalue weighted by atomic mass is 9.77. The number of amides is 1. The first-order valence-corrected chi connectivity index (χ1v) is 8.26. The van der Waals surface area contributed by atoms with Crippen LogP contribution in [0.4, 0.5) is 5.69 Å². The second-order valence-corrected chi connectivity index (χ2v) is 6.24. The van der Waals surface area contributed by atoms with Crippen LogP contribution in [0.3, 0.4) is 0 Å². The molecule has 0 saturated carbocycles. The molecule has 4 rings (SSSR count). The van der Waals surface area contributed by atoms with E-state index in [1.54, 1.807) is 0 Å². The number of benzene rings is 3. The molecule has 1 amide bonds. The van der Waals surface area contributed by atoms with Crippen LogP contribution in [-0.4, -0.2) is 5.91 Å². The molecule has 1 heterocycles. The molecule has 24 heavy (non-hydrogen) atoms. The van der Waals surface area contributed by atoms with E-state index in [1.807, 2.05) is 71.6 Å². The molecule has 1 fully saturated rings. The summed E-state index contributed by atoms with van der Waals surface area (Å²) in [4.78, 5) is 15.0. The van der Waals surface area contributed by atoms with E-state index in [9.17, 15) is 4.79 Å². The van der Waals surface area contributed by atoms with Crippen LogP contribution in [0.1, 0.15) is 28.7 Å². The summed E-state index contributed by atoms with van der Waals surface area (Å²) in [6, 6.07) is 28.5. The Labute approximate surface area is 142 Å². The van der Waals surface area contributed by atoms with E-state index in [0.717, 1.165) is 16.8 Å². The number of hydrogen-bond donors (Lipinski definition) is 0. The molecule has 0 spiro atoms. The van der Waals surface area contributed by atoms with E-state index >= 15 is 0 Å². The number of carbonyl (C=O) groups is 1. The maximum atomic E-state index is 13.0. The first kappa shape index (κ1) is 14.7. The number of aryl methyl sites for hydroxylation is 1. The Bertz CT molecular complexity index is 857. The predicted octanol–water partition coefficient (Wildman–Crippen LogP) is 4.87. The van der Waals surface area contributed by atoms with E-state index in [4.69, 9.17) is 0 Å². The molecule has 1 aliphatic heterocycles. The zero-order valence-corrected chi connectivity index (χ0v) is 13.6. The summed E-state index contributed by atoms with van der Waals surface area (Å²) in [6.07, 6.45) is 0. The number of nitrogens with zero attached hydrogens (tertiary/aromatic N) is 1. The molecule has 2 atom stereocenters. The number of hydrogen-bond acceptors (Lipinski definition) is 1. The molecule has 118 valence electrons. The summed E-state index contributed by atoms with van der Waals surface area (Å²) in [6.45, 7) is 2.06. The van der Waals surface area contributed by atoms with Crippen molar-refractivity contribution in [2.75, 3.05) is 4.90 Å². The molecule has 3 aromatic carbocycles. The van der Waals surface area contributed by atoms with Crippen molar-refractivity contribution in [3.05, 3.63) is 102 Å². The van der Waals surface area contributed by atoms with Crippen molar-refractivity contribution >= 4 is 11.6 Å². The lowest BCUT2D eigenvalue weighted by molar-refractivity contribution is -0.126. The van der Waals surface area contributed by atoms with Gasteiger partial charge in [-0.05, 0) is 29.7 Å². The number of para-hydroxylation sites is 1. The Hall–Kier alpha value is -2.87. The average Bonchev–Trinajstić information content (AvgIpc) is 2.63. The molecule has 0 aromatic heterocycles. The molecule has 0 bridgehead atoms. The summed E-state index contributed by atoms with van der Waals surface area (Å²) < 4.78 is 0. The molecule has 1 saturated heterocycles. The smallest absolute Gasteiger partial charge is 0.237 e. The van der Waals surface area contributed by atoms with Gasteiger partial charge >= 0.3 is 0 Å². The van der Waals surface area contributed by atoms with Gasteiger partial charge in [0.2, 0.25) is 5.91 Å². The monoisotopic (exact) mass is 313 g/mol. The van der Waals surface area contributed by atoms with Gasteiger partial charge in [-0.1, -0.05) is 78.9 Å². The van der Waals surface area contributed by atoms with Gasteiger partial charge in [-0.15, -0.1) is 0 Å². The van der Waals surface area contributed by atoms with Crippen LogP contribution in [0.15, 0.2) is 84.9 Å². The van der Waals surface area contributed by atoms with Gasteiger partial charge in [0.25, 0.3) is 0 Å². The molecule has 0 aliphatic carbocycles. The highest BCUT2D eigenvalue weighted by Crippen LogP contribution is 2.49. The summed E-state index contributed by atoms with van der Waals surface area (Å²) in [5.41, 5.74) is 4.39. The highest BCUT2D eigenvalue weighted by molar-refractivity contribution is 6.07. The molecule has 2 heteroatoms. The zero-order valence-electron chi connectivity index (χ0n) is 13.6. The van der Waals surface area contributed by atoms with Crippen LogP contribution in [0.5, 0.6) is 0 Å². The number of rotatable bonds is 3. The fraction of sp³-hybridized carbons (Fsp3) is 0.136. The highest BCUT2D eigenvalue weighted by atomic mass is 16.2. The minimum absolute atomic E-state index is 0.0437. The fourth-order valence-corrected chi connectivity index (χ4v) is 3.57.